The molecule has 2 rings (SSSR count). The lowest BCUT2D eigenvalue weighted by molar-refractivity contribution is 0.420. The lowest BCUT2D eigenvalue weighted by Crippen LogP contribution is -1.99. The van der Waals surface area contributed by atoms with Gasteiger partial charge in [-0.3, -0.25) is 0 Å². The molecule has 5 nitrogen and oxygen atoms in total. The Kier molecular flexibility index (Phi) is 2.43. The van der Waals surface area contributed by atoms with Crippen molar-refractivity contribution in [3.63, 3.8) is 0 Å². The molecular formula is C10H10N2O3S. The fourth-order valence-corrected chi connectivity index (χ4v) is 2.03. The van der Waals surface area contributed by atoms with Gasteiger partial charge < -0.3 is 10.3 Å². The minimum Gasteiger partial charge on any atom is -0.398 e. The van der Waals surface area contributed by atoms with Gasteiger partial charge in [0.25, 0.3) is 0 Å². The molecule has 6 heteroatoms. The predicted octanol–water partition coefficient (Wildman–Crippen LogP) is 1.33. The first kappa shape index (κ1) is 10.7. The van der Waals surface area contributed by atoms with E-state index in [4.69, 9.17) is 10.3 Å². The number of anilines is 1. The van der Waals surface area contributed by atoms with Crippen molar-refractivity contribution >= 4 is 15.5 Å². The monoisotopic (exact) mass is 238 g/mol. The molecule has 0 radical (unpaired) electrons. The second-order valence-corrected chi connectivity index (χ2v) is 5.45. The molecule has 84 valence electrons. The van der Waals surface area contributed by atoms with Crippen LogP contribution in [-0.4, -0.2) is 19.8 Å². The number of hydrogen-bond acceptors (Lipinski definition) is 5. The van der Waals surface area contributed by atoms with Gasteiger partial charge in [-0.05, 0) is 12.1 Å². The van der Waals surface area contributed by atoms with Crippen LogP contribution in [0.25, 0.3) is 11.1 Å². The fourth-order valence-electron chi connectivity index (χ4n) is 1.37. The third-order valence-electron chi connectivity index (χ3n) is 2.19. The maximum absolute atomic E-state index is 11.3. The maximum Gasteiger partial charge on any atom is 0.175 e. The number of nitrogen functional groups attached to an aromatic ring is 1. The summed E-state index contributed by atoms with van der Waals surface area (Å²) in [6, 6.07) is 4.57. The van der Waals surface area contributed by atoms with Gasteiger partial charge in [-0.25, -0.2) is 8.42 Å². The summed E-state index contributed by atoms with van der Waals surface area (Å²) in [5, 5.41) is 3.56. The van der Waals surface area contributed by atoms with Crippen molar-refractivity contribution < 1.29 is 12.9 Å². The third-order valence-corrected chi connectivity index (χ3v) is 3.30. The summed E-state index contributed by atoms with van der Waals surface area (Å²) in [5.74, 6) is 0. The Labute approximate surface area is 92.8 Å². The average Bonchev–Trinajstić information content (AvgIpc) is 2.69. The van der Waals surface area contributed by atoms with Gasteiger partial charge in [0.05, 0.1) is 11.1 Å². The molecule has 0 aliphatic heterocycles. The molecule has 1 aromatic heterocycles. The fraction of sp³-hybridized carbons (Fsp3) is 0.100. The second kappa shape index (κ2) is 3.64. The summed E-state index contributed by atoms with van der Waals surface area (Å²) < 4.78 is 27.3. The topological polar surface area (TPSA) is 86.2 Å². The highest BCUT2D eigenvalue weighted by Gasteiger charge is 2.11. The largest absolute Gasteiger partial charge is 0.398 e. The van der Waals surface area contributed by atoms with Gasteiger partial charge in [0.15, 0.2) is 9.84 Å². The van der Waals surface area contributed by atoms with Crippen LogP contribution in [0.5, 0.6) is 0 Å². The number of aromatic nitrogens is 1. The molecule has 2 aromatic rings. The van der Waals surface area contributed by atoms with Crippen LogP contribution >= 0.6 is 0 Å². The molecule has 0 amide bonds. The van der Waals surface area contributed by atoms with E-state index in [0.29, 0.717) is 11.3 Å². The Morgan fingerprint density at radius 1 is 1.38 bits per heavy atom. The van der Waals surface area contributed by atoms with Crippen molar-refractivity contribution in [1.29, 1.82) is 0 Å². The minimum atomic E-state index is -3.23. The minimum absolute atomic E-state index is 0.199. The quantitative estimate of drug-likeness (QED) is 0.797. The molecule has 0 atom stereocenters. The summed E-state index contributed by atoms with van der Waals surface area (Å²) >= 11 is 0. The molecule has 0 saturated carbocycles. The zero-order valence-corrected chi connectivity index (χ0v) is 9.36. The Hall–Kier alpha value is -1.82. The highest BCUT2D eigenvalue weighted by molar-refractivity contribution is 7.90. The van der Waals surface area contributed by atoms with Crippen LogP contribution in [-0.2, 0) is 9.84 Å². The summed E-state index contributed by atoms with van der Waals surface area (Å²) in [4.78, 5) is 0.199. The lowest BCUT2D eigenvalue weighted by atomic mass is 10.1. The Balaban J connectivity index is 2.54. The van der Waals surface area contributed by atoms with Gasteiger partial charge in [0.2, 0.25) is 0 Å². The van der Waals surface area contributed by atoms with E-state index in [1.807, 2.05) is 0 Å². The van der Waals surface area contributed by atoms with E-state index in [9.17, 15) is 8.42 Å². The van der Waals surface area contributed by atoms with Gasteiger partial charge in [-0.1, -0.05) is 11.2 Å². The summed E-state index contributed by atoms with van der Waals surface area (Å²) in [6.45, 7) is 0. The molecule has 0 fully saturated rings. The van der Waals surface area contributed by atoms with E-state index in [0.717, 1.165) is 11.8 Å². The van der Waals surface area contributed by atoms with E-state index in [2.05, 4.69) is 5.16 Å². The first-order chi connectivity index (χ1) is 7.48. The standard InChI is InChI=1S/C10H10N2O3S/c1-16(13,14)8-2-3-9(10(11)4-8)7-5-12-15-6-7/h2-6H,11H2,1H3. The highest BCUT2D eigenvalue weighted by atomic mass is 32.2. The van der Waals surface area contributed by atoms with E-state index < -0.39 is 9.84 Å². The molecular weight excluding hydrogens is 228 g/mol. The number of nitrogens with two attached hydrogens (primary N) is 1. The predicted molar refractivity (Wildman–Crippen MR) is 59.5 cm³/mol. The normalized spacial score (nSPS) is 11.6. The molecule has 0 saturated heterocycles. The van der Waals surface area contributed by atoms with E-state index in [1.54, 1.807) is 6.07 Å². The van der Waals surface area contributed by atoms with E-state index in [-0.39, 0.29) is 4.90 Å². The number of hydrogen-bond donors (Lipinski definition) is 1. The molecule has 0 aliphatic carbocycles. The molecule has 2 N–H and O–H groups in total. The maximum atomic E-state index is 11.3. The number of benzene rings is 1. The number of rotatable bonds is 2. The van der Waals surface area contributed by atoms with Crippen LogP contribution in [0, 0.1) is 0 Å². The molecule has 16 heavy (non-hydrogen) atoms. The van der Waals surface area contributed by atoms with Crippen molar-refractivity contribution in [1.82, 2.24) is 5.16 Å². The summed E-state index contributed by atoms with van der Waals surface area (Å²) in [6.07, 6.45) is 4.11. The van der Waals surface area contributed by atoms with Crippen molar-refractivity contribution in [2.75, 3.05) is 12.0 Å². The van der Waals surface area contributed by atoms with Crippen LogP contribution in [0.2, 0.25) is 0 Å². The molecule has 0 spiro atoms. The lowest BCUT2D eigenvalue weighted by Gasteiger charge is -2.04. The first-order valence-corrected chi connectivity index (χ1v) is 6.37. The number of sulfone groups is 1. The molecule has 0 unspecified atom stereocenters. The van der Waals surface area contributed by atoms with Crippen LogP contribution < -0.4 is 5.73 Å². The van der Waals surface area contributed by atoms with Crippen molar-refractivity contribution in [2.24, 2.45) is 0 Å². The molecule has 0 bridgehead atoms. The zero-order chi connectivity index (χ0) is 11.8. The van der Waals surface area contributed by atoms with Crippen molar-refractivity contribution in [3.8, 4) is 11.1 Å². The highest BCUT2D eigenvalue weighted by Crippen LogP contribution is 2.27. The molecule has 1 heterocycles. The zero-order valence-electron chi connectivity index (χ0n) is 8.54. The Morgan fingerprint density at radius 2 is 2.12 bits per heavy atom. The van der Waals surface area contributed by atoms with Gasteiger partial charge in [0.1, 0.15) is 6.26 Å². The molecule has 1 aromatic carbocycles. The van der Waals surface area contributed by atoms with Crippen LogP contribution in [0.4, 0.5) is 5.69 Å². The summed E-state index contributed by atoms with van der Waals surface area (Å²) in [5.41, 5.74) is 7.58. The second-order valence-electron chi connectivity index (χ2n) is 3.43. The van der Waals surface area contributed by atoms with E-state index in [1.165, 1.54) is 24.6 Å². The van der Waals surface area contributed by atoms with Crippen LogP contribution in [0.1, 0.15) is 0 Å². The van der Waals surface area contributed by atoms with Crippen LogP contribution in [0.15, 0.2) is 40.1 Å². The van der Waals surface area contributed by atoms with Crippen molar-refractivity contribution in [3.05, 3.63) is 30.7 Å². The SMILES string of the molecule is CS(=O)(=O)c1ccc(-c2cnoc2)c(N)c1. The van der Waals surface area contributed by atoms with E-state index >= 15 is 0 Å². The number of nitrogens with zero attached hydrogens (tertiary/aromatic N) is 1. The Morgan fingerprint density at radius 3 is 2.62 bits per heavy atom. The summed E-state index contributed by atoms with van der Waals surface area (Å²) in [7, 11) is -3.23. The van der Waals surface area contributed by atoms with Gasteiger partial charge >= 0.3 is 0 Å². The average molecular weight is 238 g/mol. The first-order valence-electron chi connectivity index (χ1n) is 4.48. The van der Waals surface area contributed by atoms with Gasteiger partial charge in [-0.2, -0.15) is 0 Å². The Bertz CT molecular complexity index is 603. The van der Waals surface area contributed by atoms with Gasteiger partial charge in [-0.15, -0.1) is 0 Å². The smallest absolute Gasteiger partial charge is 0.175 e. The van der Waals surface area contributed by atoms with Crippen molar-refractivity contribution in [2.45, 2.75) is 4.90 Å². The van der Waals surface area contributed by atoms with Gasteiger partial charge in [0, 0.05) is 23.1 Å². The molecule has 0 aliphatic rings. The van der Waals surface area contributed by atoms with Crippen LogP contribution in [0.3, 0.4) is 0 Å². The third kappa shape index (κ3) is 1.92.